The predicted octanol–water partition coefficient (Wildman–Crippen LogP) is 2.30. The minimum Gasteiger partial charge on any atom is -0.477 e. The van der Waals surface area contributed by atoms with E-state index in [1.165, 1.54) is 18.0 Å². The number of rotatable bonds is 4. The highest BCUT2D eigenvalue weighted by Crippen LogP contribution is 2.26. The first-order valence-electron chi connectivity index (χ1n) is 7.31. The largest absolute Gasteiger partial charge is 0.477 e. The van der Waals surface area contributed by atoms with Gasteiger partial charge in [0.05, 0.1) is 30.9 Å². The number of nitrogens with zero attached hydrogens (tertiary/aromatic N) is 2. The summed E-state index contributed by atoms with van der Waals surface area (Å²) in [5.41, 5.74) is 1.37. The number of carbonyl (C=O) groups excluding carboxylic acids is 1. The molecule has 2 heterocycles. The third-order valence-corrected chi connectivity index (χ3v) is 5.03. The van der Waals surface area contributed by atoms with Crippen LogP contribution in [0.3, 0.4) is 0 Å². The van der Waals surface area contributed by atoms with Crippen LogP contribution in [0.4, 0.5) is 0 Å². The maximum absolute atomic E-state index is 12.7. The molecule has 0 saturated carbocycles. The second kappa shape index (κ2) is 6.48. The fraction of sp³-hybridized carbons (Fsp3) is 0.176. The third-order valence-electron chi connectivity index (χ3n) is 3.84. The van der Waals surface area contributed by atoms with Crippen LogP contribution in [0.25, 0.3) is 10.2 Å². The highest BCUT2D eigenvalue weighted by atomic mass is 32.1. The summed E-state index contributed by atoms with van der Waals surface area (Å²) in [6.45, 7) is 1.88. The van der Waals surface area contributed by atoms with E-state index in [1.54, 1.807) is 31.2 Å². The molecule has 0 saturated heterocycles. The fourth-order valence-electron chi connectivity index (χ4n) is 2.54. The zero-order valence-electron chi connectivity index (χ0n) is 13.5. The molecule has 7 nitrogen and oxygen atoms in total. The molecule has 3 aromatic rings. The maximum Gasteiger partial charge on any atom is 0.346 e. The first-order valence-corrected chi connectivity index (χ1v) is 8.13. The van der Waals surface area contributed by atoms with Crippen molar-refractivity contribution in [2.24, 2.45) is 0 Å². The average Bonchev–Trinajstić information content (AvgIpc) is 2.95. The van der Waals surface area contributed by atoms with Crippen molar-refractivity contribution in [3.63, 3.8) is 0 Å². The molecule has 0 fully saturated rings. The summed E-state index contributed by atoms with van der Waals surface area (Å²) in [5.74, 6) is -1.49. The number of ether oxygens (including phenoxy) is 1. The number of carboxylic acid groups (broad SMARTS) is 1. The molecule has 25 heavy (non-hydrogen) atoms. The van der Waals surface area contributed by atoms with Gasteiger partial charge in [-0.2, -0.15) is 0 Å². The van der Waals surface area contributed by atoms with Crippen molar-refractivity contribution in [3.8, 4) is 0 Å². The molecule has 2 aromatic heterocycles. The second-order valence-electron chi connectivity index (χ2n) is 5.41. The molecule has 1 N–H and O–H groups in total. The number of benzene rings is 1. The van der Waals surface area contributed by atoms with Crippen LogP contribution in [0.15, 0.2) is 35.4 Å². The number of carbonyl (C=O) groups is 2. The number of hydrogen-bond donors (Lipinski definition) is 1. The van der Waals surface area contributed by atoms with Gasteiger partial charge in [0.2, 0.25) is 0 Å². The fourth-order valence-corrected chi connectivity index (χ4v) is 3.51. The number of thiophene rings is 1. The van der Waals surface area contributed by atoms with Crippen molar-refractivity contribution in [1.29, 1.82) is 0 Å². The summed E-state index contributed by atoms with van der Waals surface area (Å²) in [6.07, 6.45) is 1.40. The lowest BCUT2D eigenvalue weighted by Crippen LogP contribution is -2.21. The first kappa shape index (κ1) is 16.8. The number of aromatic carboxylic acids is 1. The lowest BCUT2D eigenvalue weighted by Gasteiger charge is -2.06. The van der Waals surface area contributed by atoms with Gasteiger partial charge >= 0.3 is 11.9 Å². The van der Waals surface area contributed by atoms with Gasteiger partial charge in [0.15, 0.2) is 0 Å². The highest BCUT2D eigenvalue weighted by molar-refractivity contribution is 7.20. The van der Waals surface area contributed by atoms with Crippen molar-refractivity contribution < 1.29 is 19.4 Å². The Kier molecular flexibility index (Phi) is 4.37. The number of esters is 1. The molecule has 128 valence electrons. The Morgan fingerprint density at radius 1 is 1.28 bits per heavy atom. The van der Waals surface area contributed by atoms with Crippen LogP contribution in [0.5, 0.6) is 0 Å². The normalized spacial score (nSPS) is 10.8. The molecular weight excluding hydrogens is 344 g/mol. The van der Waals surface area contributed by atoms with E-state index < -0.39 is 11.9 Å². The molecule has 0 radical (unpaired) electrons. The minimum atomic E-state index is -1.06. The van der Waals surface area contributed by atoms with Gasteiger partial charge in [-0.1, -0.05) is 12.1 Å². The molecule has 0 spiro atoms. The quantitative estimate of drug-likeness (QED) is 0.719. The van der Waals surface area contributed by atoms with Crippen molar-refractivity contribution in [2.45, 2.75) is 13.5 Å². The van der Waals surface area contributed by atoms with Crippen LogP contribution in [0, 0.1) is 6.92 Å². The Labute approximate surface area is 146 Å². The summed E-state index contributed by atoms with van der Waals surface area (Å²) >= 11 is 0.993. The number of methoxy groups -OCH3 is 1. The first-order chi connectivity index (χ1) is 11.9. The highest BCUT2D eigenvalue weighted by Gasteiger charge is 2.18. The van der Waals surface area contributed by atoms with E-state index in [1.807, 2.05) is 0 Å². The number of aryl methyl sites for hydroxylation is 1. The Hall–Kier alpha value is -3.00. The van der Waals surface area contributed by atoms with E-state index in [0.717, 1.165) is 16.9 Å². The van der Waals surface area contributed by atoms with Gasteiger partial charge in [0.25, 0.3) is 5.56 Å². The van der Waals surface area contributed by atoms with Gasteiger partial charge in [-0.25, -0.2) is 14.6 Å². The number of hydrogen-bond acceptors (Lipinski definition) is 6. The Morgan fingerprint density at radius 3 is 2.56 bits per heavy atom. The zero-order chi connectivity index (χ0) is 18.1. The SMILES string of the molecule is COC(=O)c1ccc(Cn2cnc3sc(C(=O)O)c(C)c3c2=O)cc1. The monoisotopic (exact) mass is 358 g/mol. The lowest BCUT2D eigenvalue weighted by molar-refractivity contribution is 0.0600. The van der Waals surface area contributed by atoms with Crippen molar-refractivity contribution in [2.75, 3.05) is 7.11 Å². The van der Waals surface area contributed by atoms with Crippen molar-refractivity contribution in [3.05, 3.63) is 62.5 Å². The smallest absolute Gasteiger partial charge is 0.346 e. The summed E-state index contributed by atoms with van der Waals surface area (Å²) in [5, 5.41) is 9.52. The number of carboxylic acids is 1. The lowest BCUT2D eigenvalue weighted by atomic mass is 10.1. The van der Waals surface area contributed by atoms with Gasteiger partial charge < -0.3 is 9.84 Å². The van der Waals surface area contributed by atoms with E-state index >= 15 is 0 Å². The van der Waals surface area contributed by atoms with E-state index in [0.29, 0.717) is 21.3 Å². The van der Waals surface area contributed by atoms with Crippen molar-refractivity contribution in [1.82, 2.24) is 9.55 Å². The molecule has 0 aliphatic rings. The van der Waals surface area contributed by atoms with Crippen LogP contribution in [0.1, 0.15) is 31.2 Å². The topological polar surface area (TPSA) is 98.5 Å². The van der Waals surface area contributed by atoms with E-state index in [4.69, 9.17) is 0 Å². The van der Waals surface area contributed by atoms with Gasteiger partial charge in [-0.05, 0) is 30.2 Å². The standard InChI is InChI=1S/C17H14N2O5S/c1-9-12-14(25-13(9)16(21)22)18-8-19(15(12)20)7-10-3-5-11(6-4-10)17(23)24-2/h3-6,8H,7H2,1-2H3,(H,21,22). The van der Waals surface area contributed by atoms with Crippen LogP contribution < -0.4 is 5.56 Å². The van der Waals surface area contributed by atoms with Gasteiger partial charge in [0, 0.05) is 0 Å². The van der Waals surface area contributed by atoms with Crippen molar-refractivity contribution >= 4 is 33.5 Å². The summed E-state index contributed by atoms with van der Waals surface area (Å²) < 4.78 is 6.06. The molecule has 0 bridgehead atoms. The van der Waals surface area contributed by atoms with Crippen LogP contribution >= 0.6 is 11.3 Å². The molecule has 1 aromatic carbocycles. The van der Waals surface area contributed by atoms with E-state index in [9.17, 15) is 19.5 Å². The Balaban J connectivity index is 1.98. The second-order valence-corrected chi connectivity index (χ2v) is 6.41. The summed E-state index contributed by atoms with van der Waals surface area (Å²) in [7, 11) is 1.31. The molecule has 0 atom stereocenters. The Morgan fingerprint density at radius 2 is 1.96 bits per heavy atom. The average molecular weight is 358 g/mol. The van der Waals surface area contributed by atoms with Crippen LogP contribution in [-0.4, -0.2) is 33.7 Å². The van der Waals surface area contributed by atoms with E-state index in [2.05, 4.69) is 9.72 Å². The molecule has 3 rings (SSSR count). The minimum absolute atomic E-state index is 0.125. The molecule has 0 aliphatic carbocycles. The molecule has 8 heteroatoms. The predicted molar refractivity (Wildman–Crippen MR) is 92.5 cm³/mol. The van der Waals surface area contributed by atoms with Gasteiger partial charge in [-0.15, -0.1) is 11.3 Å². The molecular formula is C17H14N2O5S. The van der Waals surface area contributed by atoms with Crippen LogP contribution in [-0.2, 0) is 11.3 Å². The molecule has 0 unspecified atom stereocenters. The van der Waals surface area contributed by atoms with E-state index in [-0.39, 0.29) is 17.0 Å². The third kappa shape index (κ3) is 3.03. The molecule has 0 aliphatic heterocycles. The van der Waals surface area contributed by atoms with Gasteiger partial charge in [0.1, 0.15) is 9.71 Å². The molecule has 0 amide bonds. The Bertz CT molecular complexity index is 1030. The summed E-state index contributed by atoms with van der Waals surface area (Å²) in [4.78, 5) is 40.1. The zero-order valence-corrected chi connectivity index (χ0v) is 14.3. The van der Waals surface area contributed by atoms with Crippen LogP contribution in [0.2, 0.25) is 0 Å². The van der Waals surface area contributed by atoms with Gasteiger partial charge in [-0.3, -0.25) is 9.36 Å². The number of aromatic nitrogens is 2. The number of fused-ring (bicyclic) bond motifs is 1. The summed E-state index contributed by atoms with van der Waals surface area (Å²) in [6, 6.07) is 6.70. The maximum atomic E-state index is 12.7.